The largest absolute Gasteiger partial charge is 0.336 e. The molecular formula is C27H25Cl2F2N3O2. The van der Waals surface area contributed by atoms with Gasteiger partial charge in [-0.2, -0.15) is 0 Å². The van der Waals surface area contributed by atoms with Gasteiger partial charge in [-0.3, -0.25) is 14.5 Å². The molecule has 4 rings (SSSR count). The molecule has 9 heteroatoms. The van der Waals surface area contributed by atoms with Crippen LogP contribution in [-0.4, -0.2) is 65.8 Å². The lowest BCUT2D eigenvalue weighted by Crippen LogP contribution is -2.50. The molecule has 3 aromatic carbocycles. The molecule has 36 heavy (non-hydrogen) atoms. The minimum absolute atomic E-state index is 0.0994. The number of carbonyl (C=O) groups excluding carboxylic acids is 2. The van der Waals surface area contributed by atoms with Gasteiger partial charge in [0.05, 0.1) is 10.0 Å². The maximum atomic E-state index is 13.4. The van der Waals surface area contributed by atoms with E-state index in [0.29, 0.717) is 67.0 Å². The Morgan fingerprint density at radius 3 is 1.97 bits per heavy atom. The highest BCUT2D eigenvalue weighted by Gasteiger charge is 2.24. The first-order chi connectivity index (χ1) is 17.3. The number of nitrogens with zero attached hydrogens (tertiary/aromatic N) is 3. The molecule has 0 N–H and O–H groups in total. The Labute approximate surface area is 218 Å². The molecular weight excluding hydrogens is 507 g/mol. The third-order valence-electron chi connectivity index (χ3n) is 6.18. The summed E-state index contributed by atoms with van der Waals surface area (Å²) < 4.78 is 26.7. The first kappa shape index (κ1) is 26.1. The molecule has 3 aromatic rings. The van der Waals surface area contributed by atoms with Crippen LogP contribution >= 0.6 is 23.2 Å². The van der Waals surface area contributed by atoms with Gasteiger partial charge < -0.3 is 9.80 Å². The highest BCUT2D eigenvalue weighted by Crippen LogP contribution is 2.23. The van der Waals surface area contributed by atoms with E-state index in [1.807, 2.05) is 0 Å². The van der Waals surface area contributed by atoms with Crippen molar-refractivity contribution in [1.82, 2.24) is 14.7 Å². The number of halogens is 4. The molecule has 5 nitrogen and oxygen atoms in total. The molecule has 0 radical (unpaired) electrons. The van der Waals surface area contributed by atoms with Crippen LogP contribution in [0.1, 0.15) is 26.3 Å². The van der Waals surface area contributed by atoms with Gasteiger partial charge in [-0.15, -0.1) is 0 Å². The monoisotopic (exact) mass is 531 g/mol. The number of hydrogen-bond acceptors (Lipinski definition) is 3. The van der Waals surface area contributed by atoms with Crippen molar-refractivity contribution in [3.63, 3.8) is 0 Å². The van der Waals surface area contributed by atoms with E-state index < -0.39 is 5.82 Å². The third-order valence-corrected chi connectivity index (χ3v) is 6.92. The second-order valence-corrected chi connectivity index (χ2v) is 9.44. The quantitative estimate of drug-likeness (QED) is 0.411. The summed E-state index contributed by atoms with van der Waals surface area (Å²) in [4.78, 5) is 31.7. The lowest BCUT2D eigenvalue weighted by Gasteiger charge is -2.36. The van der Waals surface area contributed by atoms with E-state index in [4.69, 9.17) is 23.2 Å². The Morgan fingerprint density at radius 2 is 1.36 bits per heavy atom. The molecule has 1 heterocycles. The van der Waals surface area contributed by atoms with E-state index in [1.165, 1.54) is 36.4 Å². The van der Waals surface area contributed by atoms with Gasteiger partial charge >= 0.3 is 0 Å². The highest BCUT2D eigenvalue weighted by molar-refractivity contribution is 6.42. The zero-order chi connectivity index (χ0) is 25.7. The summed E-state index contributed by atoms with van der Waals surface area (Å²) in [5, 5.41) is 0.742. The smallest absolute Gasteiger partial charge is 0.254 e. The Kier molecular flexibility index (Phi) is 8.56. The molecule has 1 aliphatic heterocycles. The zero-order valence-corrected chi connectivity index (χ0v) is 21.0. The average molecular weight is 532 g/mol. The van der Waals surface area contributed by atoms with Gasteiger partial charge in [0.15, 0.2) is 0 Å². The summed E-state index contributed by atoms with van der Waals surface area (Å²) in [6, 6.07) is 16.3. The molecule has 1 fully saturated rings. The van der Waals surface area contributed by atoms with Gasteiger partial charge in [0.1, 0.15) is 11.6 Å². The molecule has 0 saturated carbocycles. The second-order valence-electron chi connectivity index (χ2n) is 8.62. The maximum absolute atomic E-state index is 13.4. The van der Waals surface area contributed by atoms with E-state index >= 15 is 0 Å². The fourth-order valence-corrected chi connectivity index (χ4v) is 4.38. The molecule has 0 unspecified atom stereocenters. The summed E-state index contributed by atoms with van der Waals surface area (Å²) >= 11 is 12.0. The maximum Gasteiger partial charge on any atom is 0.254 e. The standard InChI is InChI=1S/C27H25Cl2F2N3O2/c28-24-10-5-21(17-25(24)29)27(36)33-14-11-32(12-15-33)13-16-34(18-19-1-6-22(30)7-2-19)26(35)20-3-8-23(31)9-4-20/h1-10,17H,11-16,18H2. The van der Waals surface area contributed by atoms with Crippen molar-refractivity contribution in [2.24, 2.45) is 0 Å². The van der Waals surface area contributed by atoms with Crippen molar-refractivity contribution in [3.05, 3.63) is 105 Å². The lowest BCUT2D eigenvalue weighted by molar-refractivity contribution is 0.0598. The van der Waals surface area contributed by atoms with Crippen LogP contribution in [0.3, 0.4) is 0 Å². The Balaban J connectivity index is 1.37. The summed E-state index contributed by atoms with van der Waals surface area (Å²) in [7, 11) is 0. The number of benzene rings is 3. The molecule has 0 aromatic heterocycles. The first-order valence-electron chi connectivity index (χ1n) is 11.6. The number of hydrogen-bond donors (Lipinski definition) is 0. The van der Waals surface area contributed by atoms with Crippen molar-refractivity contribution >= 4 is 35.0 Å². The Bertz CT molecular complexity index is 1210. The lowest BCUT2D eigenvalue weighted by atomic mass is 10.1. The molecule has 188 valence electrons. The van der Waals surface area contributed by atoms with E-state index in [1.54, 1.807) is 40.1 Å². The van der Waals surface area contributed by atoms with E-state index in [2.05, 4.69) is 4.90 Å². The van der Waals surface area contributed by atoms with Gasteiger partial charge in [0.25, 0.3) is 11.8 Å². The Hall–Kier alpha value is -3.00. The number of amides is 2. The summed E-state index contributed by atoms with van der Waals surface area (Å²) in [6.07, 6.45) is 0. The first-order valence-corrected chi connectivity index (χ1v) is 12.3. The summed E-state index contributed by atoms with van der Waals surface area (Å²) in [5.41, 5.74) is 1.67. The third kappa shape index (κ3) is 6.60. The van der Waals surface area contributed by atoms with Gasteiger partial charge in [-0.25, -0.2) is 8.78 Å². The van der Waals surface area contributed by atoms with Crippen molar-refractivity contribution in [3.8, 4) is 0 Å². The molecule has 0 spiro atoms. The normalized spacial score (nSPS) is 14.1. The summed E-state index contributed by atoms with van der Waals surface area (Å²) in [5.74, 6) is -1.08. The Morgan fingerprint density at radius 1 is 0.778 bits per heavy atom. The zero-order valence-electron chi connectivity index (χ0n) is 19.5. The molecule has 0 atom stereocenters. The van der Waals surface area contributed by atoms with Crippen molar-refractivity contribution in [2.75, 3.05) is 39.3 Å². The van der Waals surface area contributed by atoms with Gasteiger partial charge in [0, 0.05) is 56.9 Å². The van der Waals surface area contributed by atoms with Gasteiger partial charge in [-0.05, 0) is 60.2 Å². The van der Waals surface area contributed by atoms with E-state index in [0.717, 1.165) is 5.56 Å². The van der Waals surface area contributed by atoms with Gasteiger partial charge in [0.2, 0.25) is 0 Å². The van der Waals surface area contributed by atoms with Crippen molar-refractivity contribution in [2.45, 2.75) is 6.54 Å². The fourth-order valence-electron chi connectivity index (χ4n) is 4.09. The van der Waals surface area contributed by atoms with Crippen LogP contribution in [0.15, 0.2) is 66.7 Å². The van der Waals surface area contributed by atoms with Crippen LogP contribution in [0, 0.1) is 11.6 Å². The number of carbonyl (C=O) groups is 2. The van der Waals surface area contributed by atoms with Crippen molar-refractivity contribution in [1.29, 1.82) is 0 Å². The van der Waals surface area contributed by atoms with Crippen LogP contribution in [-0.2, 0) is 6.54 Å². The number of piperazine rings is 1. The van der Waals surface area contributed by atoms with E-state index in [9.17, 15) is 18.4 Å². The van der Waals surface area contributed by atoms with Crippen LogP contribution < -0.4 is 0 Å². The molecule has 2 amide bonds. The topological polar surface area (TPSA) is 43.9 Å². The second kappa shape index (κ2) is 11.8. The fraction of sp³-hybridized carbons (Fsp3) is 0.259. The predicted octanol–water partition coefficient (Wildman–Crippen LogP) is 5.37. The molecule has 0 aliphatic carbocycles. The van der Waals surface area contributed by atoms with Crippen LogP contribution in [0.2, 0.25) is 10.0 Å². The van der Waals surface area contributed by atoms with Crippen LogP contribution in [0.4, 0.5) is 8.78 Å². The minimum atomic E-state index is -0.412. The molecule has 0 bridgehead atoms. The van der Waals surface area contributed by atoms with Crippen LogP contribution in [0.5, 0.6) is 0 Å². The minimum Gasteiger partial charge on any atom is -0.336 e. The highest BCUT2D eigenvalue weighted by atomic mass is 35.5. The SMILES string of the molecule is O=C(c1ccc(Cl)c(Cl)c1)N1CCN(CCN(Cc2ccc(F)cc2)C(=O)c2ccc(F)cc2)CC1. The van der Waals surface area contributed by atoms with Crippen LogP contribution in [0.25, 0.3) is 0 Å². The molecule has 1 saturated heterocycles. The predicted molar refractivity (Wildman–Crippen MR) is 136 cm³/mol. The van der Waals surface area contributed by atoms with Crippen molar-refractivity contribution < 1.29 is 18.4 Å². The average Bonchev–Trinajstić information content (AvgIpc) is 2.89. The van der Waals surface area contributed by atoms with Gasteiger partial charge in [-0.1, -0.05) is 35.3 Å². The number of rotatable bonds is 7. The van der Waals surface area contributed by atoms with E-state index in [-0.39, 0.29) is 17.6 Å². The summed E-state index contributed by atoms with van der Waals surface area (Å²) in [6.45, 7) is 3.72. The molecule has 1 aliphatic rings.